The van der Waals surface area contributed by atoms with E-state index in [9.17, 15) is 4.79 Å². The second-order valence-electron chi connectivity index (χ2n) is 7.01. The van der Waals surface area contributed by atoms with Crippen LogP contribution in [0.1, 0.15) is 47.6 Å². The summed E-state index contributed by atoms with van der Waals surface area (Å²) < 4.78 is 12.3. The van der Waals surface area contributed by atoms with E-state index < -0.39 is 0 Å². The highest BCUT2D eigenvalue weighted by Gasteiger charge is 2.33. The lowest BCUT2D eigenvalue weighted by Crippen LogP contribution is -2.30. The minimum atomic E-state index is -0.0611. The normalized spacial score (nSPS) is 16.4. The fourth-order valence-electron chi connectivity index (χ4n) is 3.65. The van der Waals surface area contributed by atoms with Gasteiger partial charge in [-0.1, -0.05) is 30.7 Å². The average molecular weight is 431 g/mol. The molecule has 1 aromatic heterocycles. The van der Waals surface area contributed by atoms with Gasteiger partial charge in [-0.3, -0.25) is 4.79 Å². The Labute approximate surface area is 179 Å². The Kier molecular flexibility index (Phi) is 5.92. The Morgan fingerprint density at radius 2 is 2.17 bits per heavy atom. The van der Waals surface area contributed by atoms with Crippen LogP contribution in [0.4, 0.5) is 0 Å². The van der Waals surface area contributed by atoms with Crippen molar-refractivity contribution in [3.63, 3.8) is 0 Å². The fraction of sp³-hybridized carbons (Fsp3) is 0.364. The number of carbonyl (C=O) groups is 1. The molecule has 2 aromatic carbocycles. The fourth-order valence-corrected chi connectivity index (χ4v) is 5.03. The number of amides is 1. The van der Waals surface area contributed by atoms with Crippen LogP contribution in [0.25, 0.3) is 10.2 Å². The van der Waals surface area contributed by atoms with Crippen LogP contribution in [0.2, 0.25) is 5.02 Å². The lowest BCUT2D eigenvalue weighted by atomic mass is 10.1. The number of carbonyl (C=O) groups excluding carboxylic acids is 1. The minimum Gasteiger partial charge on any atom is -0.493 e. The van der Waals surface area contributed by atoms with E-state index in [1.54, 1.807) is 30.6 Å². The first-order chi connectivity index (χ1) is 14.1. The SMILES string of the molecule is CCCOc1c(Cl)cc(C(=O)N2CCCC2c2nc3ccccc3s2)cc1OC. The molecule has 1 fully saturated rings. The Morgan fingerprint density at radius 1 is 1.34 bits per heavy atom. The molecule has 1 aliphatic heterocycles. The zero-order valence-electron chi connectivity index (χ0n) is 16.5. The first-order valence-electron chi connectivity index (χ1n) is 9.79. The third-order valence-electron chi connectivity index (χ3n) is 5.04. The molecule has 4 rings (SSSR count). The Bertz CT molecular complexity index is 1000. The number of para-hydroxylation sites is 1. The number of ether oxygens (including phenoxy) is 2. The van der Waals surface area contributed by atoms with E-state index in [2.05, 4.69) is 6.07 Å². The van der Waals surface area contributed by atoms with Gasteiger partial charge >= 0.3 is 0 Å². The van der Waals surface area contributed by atoms with E-state index in [0.717, 1.165) is 34.5 Å². The van der Waals surface area contributed by atoms with E-state index >= 15 is 0 Å². The average Bonchev–Trinajstić information content (AvgIpc) is 3.38. The van der Waals surface area contributed by atoms with Crippen molar-refractivity contribution in [3.05, 3.63) is 52.0 Å². The molecule has 0 spiro atoms. The number of thiazole rings is 1. The molecule has 1 unspecified atom stereocenters. The molecule has 7 heteroatoms. The second-order valence-corrected chi connectivity index (χ2v) is 8.48. The summed E-state index contributed by atoms with van der Waals surface area (Å²) in [7, 11) is 1.55. The number of halogens is 1. The summed E-state index contributed by atoms with van der Waals surface area (Å²) in [4.78, 5) is 20.0. The summed E-state index contributed by atoms with van der Waals surface area (Å²) >= 11 is 8.08. The van der Waals surface area contributed by atoms with E-state index in [0.29, 0.717) is 35.2 Å². The van der Waals surface area contributed by atoms with Crippen molar-refractivity contribution in [2.75, 3.05) is 20.3 Å². The molecule has 29 heavy (non-hydrogen) atoms. The summed E-state index contributed by atoms with van der Waals surface area (Å²) in [6, 6.07) is 11.4. The Morgan fingerprint density at radius 3 is 2.93 bits per heavy atom. The van der Waals surface area contributed by atoms with Gasteiger partial charge < -0.3 is 14.4 Å². The monoisotopic (exact) mass is 430 g/mol. The summed E-state index contributed by atoms with van der Waals surface area (Å²) in [5, 5.41) is 1.37. The van der Waals surface area contributed by atoms with Crippen molar-refractivity contribution >= 4 is 39.1 Å². The molecule has 0 saturated carbocycles. The van der Waals surface area contributed by atoms with E-state index in [-0.39, 0.29) is 11.9 Å². The first-order valence-corrected chi connectivity index (χ1v) is 11.0. The highest BCUT2D eigenvalue weighted by molar-refractivity contribution is 7.18. The molecule has 1 atom stereocenters. The summed E-state index contributed by atoms with van der Waals surface area (Å²) in [6.07, 6.45) is 2.72. The highest BCUT2D eigenvalue weighted by atomic mass is 35.5. The first kappa shape index (κ1) is 20.0. The van der Waals surface area contributed by atoms with Gasteiger partial charge in [-0.25, -0.2) is 4.98 Å². The Balaban J connectivity index is 1.63. The number of likely N-dealkylation sites (tertiary alicyclic amines) is 1. The quantitative estimate of drug-likeness (QED) is 0.501. The number of aromatic nitrogens is 1. The number of fused-ring (bicyclic) bond motifs is 1. The molecule has 152 valence electrons. The van der Waals surface area contributed by atoms with Gasteiger partial charge in [-0.2, -0.15) is 0 Å². The second kappa shape index (κ2) is 8.59. The van der Waals surface area contributed by atoms with E-state index in [1.165, 1.54) is 0 Å². The van der Waals surface area contributed by atoms with Crippen LogP contribution in [-0.4, -0.2) is 36.1 Å². The molecule has 0 radical (unpaired) electrons. The Hall–Kier alpha value is -2.31. The molecule has 1 aliphatic rings. The summed E-state index contributed by atoms with van der Waals surface area (Å²) in [5.74, 6) is 0.899. The predicted octanol–water partition coefficient (Wildman–Crippen LogP) is 5.72. The lowest BCUT2D eigenvalue weighted by Gasteiger charge is -2.24. The lowest BCUT2D eigenvalue weighted by molar-refractivity contribution is 0.0735. The van der Waals surface area contributed by atoms with Gasteiger partial charge in [0.1, 0.15) is 5.01 Å². The smallest absolute Gasteiger partial charge is 0.254 e. The maximum absolute atomic E-state index is 13.3. The zero-order valence-corrected chi connectivity index (χ0v) is 18.1. The number of rotatable bonds is 6. The summed E-state index contributed by atoms with van der Waals surface area (Å²) in [6.45, 7) is 3.26. The van der Waals surface area contributed by atoms with Gasteiger partial charge in [0.05, 0.1) is 35.0 Å². The molecule has 5 nitrogen and oxygen atoms in total. The minimum absolute atomic E-state index is 0.0133. The van der Waals surface area contributed by atoms with Crippen molar-refractivity contribution < 1.29 is 14.3 Å². The van der Waals surface area contributed by atoms with E-state index in [1.807, 2.05) is 30.0 Å². The van der Waals surface area contributed by atoms with Crippen molar-refractivity contribution in [2.45, 2.75) is 32.2 Å². The zero-order chi connectivity index (χ0) is 20.4. The molecule has 0 N–H and O–H groups in total. The van der Waals surface area contributed by atoms with Gasteiger partial charge in [-0.15, -0.1) is 11.3 Å². The topological polar surface area (TPSA) is 51.7 Å². The molecule has 3 aromatic rings. The van der Waals surface area contributed by atoms with Gasteiger partial charge in [0, 0.05) is 12.1 Å². The van der Waals surface area contributed by atoms with E-state index in [4.69, 9.17) is 26.1 Å². The maximum atomic E-state index is 13.3. The maximum Gasteiger partial charge on any atom is 0.254 e. The van der Waals surface area contributed by atoms with Gasteiger partial charge in [0.25, 0.3) is 5.91 Å². The molecular weight excluding hydrogens is 408 g/mol. The van der Waals surface area contributed by atoms with Crippen molar-refractivity contribution in [1.29, 1.82) is 0 Å². The number of nitrogens with zero attached hydrogens (tertiary/aromatic N) is 2. The number of benzene rings is 2. The van der Waals surface area contributed by atoms with Crippen LogP contribution in [0.5, 0.6) is 11.5 Å². The van der Waals surface area contributed by atoms with Crippen LogP contribution in [0.3, 0.4) is 0 Å². The largest absolute Gasteiger partial charge is 0.493 e. The number of methoxy groups -OCH3 is 1. The third kappa shape index (κ3) is 3.91. The molecular formula is C22H23ClN2O3S. The third-order valence-corrected chi connectivity index (χ3v) is 6.45. The van der Waals surface area contributed by atoms with Crippen molar-refractivity contribution in [2.24, 2.45) is 0 Å². The predicted molar refractivity (Wildman–Crippen MR) is 116 cm³/mol. The van der Waals surface area contributed by atoms with Crippen molar-refractivity contribution in [1.82, 2.24) is 9.88 Å². The molecule has 1 amide bonds. The summed E-state index contributed by atoms with van der Waals surface area (Å²) in [5.41, 5.74) is 1.48. The van der Waals surface area contributed by atoms with Crippen LogP contribution in [-0.2, 0) is 0 Å². The van der Waals surface area contributed by atoms with Crippen LogP contribution >= 0.6 is 22.9 Å². The van der Waals surface area contributed by atoms with Crippen LogP contribution in [0, 0.1) is 0 Å². The standard InChI is InChI=1S/C22H23ClN2O3S/c1-3-11-28-20-15(23)12-14(13-18(20)27-2)22(26)25-10-6-8-17(25)21-24-16-7-4-5-9-19(16)29-21/h4-5,7,9,12-13,17H,3,6,8,10-11H2,1-2H3. The van der Waals surface area contributed by atoms with Crippen molar-refractivity contribution in [3.8, 4) is 11.5 Å². The molecule has 2 heterocycles. The number of hydrogen-bond acceptors (Lipinski definition) is 5. The van der Waals surface area contributed by atoms with Crippen LogP contribution in [0.15, 0.2) is 36.4 Å². The molecule has 1 saturated heterocycles. The molecule has 0 bridgehead atoms. The molecule has 0 aliphatic carbocycles. The van der Waals surface area contributed by atoms with Crippen LogP contribution < -0.4 is 9.47 Å². The number of hydrogen-bond donors (Lipinski definition) is 0. The van der Waals surface area contributed by atoms with Gasteiger partial charge in [0.2, 0.25) is 0 Å². The highest BCUT2D eigenvalue weighted by Crippen LogP contribution is 2.40. The van der Waals surface area contributed by atoms with Gasteiger partial charge in [-0.05, 0) is 43.5 Å². The van der Waals surface area contributed by atoms with Gasteiger partial charge in [0.15, 0.2) is 11.5 Å².